The quantitative estimate of drug-likeness (QED) is 0.814. The molecule has 0 bridgehead atoms. The maximum atomic E-state index is 11.7. The lowest BCUT2D eigenvalue weighted by Gasteiger charge is -2.25. The fourth-order valence-corrected chi connectivity index (χ4v) is 3.45. The summed E-state index contributed by atoms with van der Waals surface area (Å²) in [5, 5.41) is 11.8. The summed E-state index contributed by atoms with van der Waals surface area (Å²) in [6, 6.07) is 3.85. The van der Waals surface area contributed by atoms with Gasteiger partial charge in [-0.15, -0.1) is 23.1 Å². The van der Waals surface area contributed by atoms with Crippen LogP contribution >= 0.6 is 34.7 Å². The van der Waals surface area contributed by atoms with Crippen LogP contribution in [0.4, 0.5) is 0 Å². The summed E-state index contributed by atoms with van der Waals surface area (Å²) in [4.78, 5) is 12.9. The minimum atomic E-state index is -0.349. The normalized spacial score (nSPS) is 11.6. The summed E-state index contributed by atoms with van der Waals surface area (Å²) < 4.78 is 0.777. The zero-order chi connectivity index (χ0) is 13.6. The summed E-state index contributed by atoms with van der Waals surface area (Å²) >= 11 is 8.93. The SMILES string of the molecule is CC(C)(CCO)NC(=O)CSCc1ccc(Cl)s1. The maximum Gasteiger partial charge on any atom is 0.230 e. The highest BCUT2D eigenvalue weighted by Gasteiger charge is 2.19. The van der Waals surface area contributed by atoms with Gasteiger partial charge in [0.15, 0.2) is 0 Å². The number of hydrogen-bond acceptors (Lipinski definition) is 4. The zero-order valence-electron chi connectivity index (χ0n) is 10.5. The number of thiophene rings is 1. The first-order valence-electron chi connectivity index (χ1n) is 5.67. The Morgan fingerprint density at radius 1 is 1.56 bits per heavy atom. The van der Waals surface area contributed by atoms with Crippen molar-refractivity contribution in [3.63, 3.8) is 0 Å². The van der Waals surface area contributed by atoms with Crippen LogP contribution in [0.1, 0.15) is 25.1 Å². The second kappa shape index (κ2) is 7.38. The molecule has 1 heterocycles. The summed E-state index contributed by atoms with van der Waals surface area (Å²) in [5.41, 5.74) is -0.349. The van der Waals surface area contributed by atoms with Crippen molar-refractivity contribution in [2.45, 2.75) is 31.6 Å². The number of aliphatic hydroxyl groups excluding tert-OH is 1. The molecule has 0 aliphatic carbocycles. The Morgan fingerprint density at radius 2 is 2.28 bits per heavy atom. The van der Waals surface area contributed by atoms with Gasteiger partial charge in [0.25, 0.3) is 0 Å². The third-order valence-electron chi connectivity index (χ3n) is 2.32. The lowest BCUT2D eigenvalue weighted by Crippen LogP contribution is -2.44. The number of hydrogen-bond donors (Lipinski definition) is 2. The Morgan fingerprint density at radius 3 is 2.83 bits per heavy atom. The molecule has 102 valence electrons. The highest BCUT2D eigenvalue weighted by molar-refractivity contribution is 7.99. The number of rotatable bonds is 7. The van der Waals surface area contributed by atoms with Gasteiger partial charge < -0.3 is 10.4 Å². The number of nitrogens with one attached hydrogen (secondary N) is 1. The van der Waals surface area contributed by atoms with Crippen molar-refractivity contribution in [3.8, 4) is 0 Å². The molecule has 1 amide bonds. The van der Waals surface area contributed by atoms with Crippen LogP contribution < -0.4 is 5.32 Å². The zero-order valence-corrected chi connectivity index (χ0v) is 12.9. The molecule has 0 aliphatic heterocycles. The predicted molar refractivity (Wildman–Crippen MR) is 79.4 cm³/mol. The Balaban J connectivity index is 2.25. The van der Waals surface area contributed by atoms with Gasteiger partial charge in [0.2, 0.25) is 5.91 Å². The molecule has 0 unspecified atom stereocenters. The molecule has 1 aromatic rings. The summed E-state index contributed by atoms with van der Waals surface area (Å²) in [6.07, 6.45) is 0.559. The fourth-order valence-electron chi connectivity index (χ4n) is 1.43. The maximum absolute atomic E-state index is 11.7. The number of thioether (sulfide) groups is 1. The topological polar surface area (TPSA) is 49.3 Å². The van der Waals surface area contributed by atoms with E-state index in [1.807, 2.05) is 26.0 Å². The fraction of sp³-hybridized carbons (Fsp3) is 0.583. The van der Waals surface area contributed by atoms with E-state index >= 15 is 0 Å². The third kappa shape index (κ3) is 6.09. The minimum Gasteiger partial charge on any atom is -0.396 e. The van der Waals surface area contributed by atoms with Gasteiger partial charge in [-0.25, -0.2) is 0 Å². The van der Waals surface area contributed by atoms with Gasteiger partial charge in [0.1, 0.15) is 0 Å². The van der Waals surface area contributed by atoms with Crippen LogP contribution in [0.3, 0.4) is 0 Å². The Labute approximate surface area is 121 Å². The molecule has 0 saturated carbocycles. The monoisotopic (exact) mass is 307 g/mol. The lowest BCUT2D eigenvalue weighted by molar-refractivity contribution is -0.120. The van der Waals surface area contributed by atoms with Crippen LogP contribution in [0.15, 0.2) is 12.1 Å². The van der Waals surface area contributed by atoms with Crippen LogP contribution in [0, 0.1) is 0 Å². The van der Waals surface area contributed by atoms with Crippen LogP contribution in [0.25, 0.3) is 0 Å². The highest BCUT2D eigenvalue weighted by Crippen LogP contribution is 2.25. The summed E-state index contributed by atoms with van der Waals surface area (Å²) in [6.45, 7) is 3.89. The van der Waals surface area contributed by atoms with Crippen LogP contribution in [-0.2, 0) is 10.5 Å². The number of carbonyl (C=O) groups is 1. The number of carbonyl (C=O) groups excluding carboxylic acids is 1. The van der Waals surface area contributed by atoms with E-state index in [9.17, 15) is 4.79 Å². The largest absolute Gasteiger partial charge is 0.396 e. The molecule has 0 fully saturated rings. The van der Waals surface area contributed by atoms with Crippen LogP contribution in [0.2, 0.25) is 4.34 Å². The molecule has 18 heavy (non-hydrogen) atoms. The van der Waals surface area contributed by atoms with Crippen molar-refractivity contribution in [2.24, 2.45) is 0 Å². The third-order valence-corrected chi connectivity index (χ3v) is 4.72. The molecule has 3 nitrogen and oxygen atoms in total. The van der Waals surface area contributed by atoms with Gasteiger partial charge >= 0.3 is 0 Å². The van der Waals surface area contributed by atoms with Crippen molar-refractivity contribution in [1.82, 2.24) is 5.32 Å². The first-order chi connectivity index (χ1) is 8.43. The number of aliphatic hydroxyl groups is 1. The molecule has 0 atom stereocenters. The average Bonchev–Trinajstić information content (AvgIpc) is 2.63. The summed E-state index contributed by atoms with van der Waals surface area (Å²) in [7, 11) is 0. The molecular formula is C12H18ClNO2S2. The van der Waals surface area contributed by atoms with E-state index in [-0.39, 0.29) is 18.1 Å². The van der Waals surface area contributed by atoms with Crippen molar-refractivity contribution in [1.29, 1.82) is 0 Å². The second-order valence-electron chi connectivity index (χ2n) is 4.60. The molecule has 0 aliphatic rings. The molecule has 0 radical (unpaired) electrons. The molecule has 2 N–H and O–H groups in total. The number of amides is 1. The van der Waals surface area contributed by atoms with Crippen molar-refractivity contribution in [2.75, 3.05) is 12.4 Å². The minimum absolute atomic E-state index is 0.00102. The van der Waals surface area contributed by atoms with E-state index in [2.05, 4.69) is 5.32 Å². The molecule has 1 rings (SSSR count). The Hall–Kier alpha value is -0.230. The molecule has 0 saturated heterocycles. The first kappa shape index (κ1) is 15.8. The van der Waals surface area contributed by atoms with Gasteiger partial charge in [-0.1, -0.05) is 11.6 Å². The van der Waals surface area contributed by atoms with E-state index in [0.717, 1.165) is 10.1 Å². The lowest BCUT2D eigenvalue weighted by atomic mass is 10.0. The van der Waals surface area contributed by atoms with Gasteiger partial charge in [-0.3, -0.25) is 4.79 Å². The van der Waals surface area contributed by atoms with Crippen molar-refractivity contribution in [3.05, 3.63) is 21.3 Å². The van der Waals surface area contributed by atoms with Crippen LogP contribution in [0.5, 0.6) is 0 Å². The van der Waals surface area contributed by atoms with E-state index in [1.54, 1.807) is 23.1 Å². The average molecular weight is 308 g/mol. The molecule has 6 heteroatoms. The van der Waals surface area contributed by atoms with Gasteiger partial charge in [-0.05, 0) is 32.4 Å². The molecule has 0 aromatic carbocycles. The summed E-state index contributed by atoms with van der Waals surface area (Å²) in [5.74, 6) is 1.22. The molecule has 0 spiro atoms. The smallest absolute Gasteiger partial charge is 0.230 e. The highest BCUT2D eigenvalue weighted by atomic mass is 35.5. The molecular weight excluding hydrogens is 290 g/mol. The van der Waals surface area contributed by atoms with E-state index < -0.39 is 0 Å². The molecule has 1 aromatic heterocycles. The van der Waals surface area contributed by atoms with Gasteiger partial charge in [-0.2, -0.15) is 0 Å². The van der Waals surface area contributed by atoms with Crippen LogP contribution in [-0.4, -0.2) is 28.9 Å². The Kier molecular flexibility index (Phi) is 6.49. The second-order valence-corrected chi connectivity index (χ2v) is 7.39. The standard InChI is InChI=1S/C12H18ClNO2S2/c1-12(2,5-6-15)14-11(16)8-17-7-9-3-4-10(13)18-9/h3-4,15H,5-8H2,1-2H3,(H,14,16). The van der Waals surface area contributed by atoms with E-state index in [4.69, 9.17) is 16.7 Å². The Bertz CT molecular complexity index is 393. The van der Waals surface area contributed by atoms with Crippen molar-refractivity contribution >= 4 is 40.6 Å². The predicted octanol–water partition coefficient (Wildman–Crippen LogP) is 2.91. The van der Waals surface area contributed by atoms with E-state index in [1.165, 1.54) is 4.88 Å². The van der Waals surface area contributed by atoms with Gasteiger partial charge in [0, 0.05) is 22.8 Å². The van der Waals surface area contributed by atoms with E-state index in [0.29, 0.717) is 12.2 Å². The first-order valence-corrected chi connectivity index (χ1v) is 8.02. The van der Waals surface area contributed by atoms with Crippen molar-refractivity contribution < 1.29 is 9.90 Å². The number of halogens is 1. The van der Waals surface area contributed by atoms with Gasteiger partial charge in [0.05, 0.1) is 10.1 Å².